The average Bonchev–Trinajstić information content (AvgIpc) is 2.37. The second-order valence-electron chi connectivity index (χ2n) is 4.66. The minimum absolute atomic E-state index is 0.0125. The van der Waals surface area contributed by atoms with Gasteiger partial charge in [-0.1, -0.05) is 13.8 Å². The molecule has 0 aromatic heterocycles. The van der Waals surface area contributed by atoms with Crippen molar-refractivity contribution in [1.82, 2.24) is 0 Å². The summed E-state index contributed by atoms with van der Waals surface area (Å²) in [4.78, 5) is 12.5. The van der Waals surface area contributed by atoms with Gasteiger partial charge in [0.05, 0.1) is 25.0 Å². The number of ketones is 1. The summed E-state index contributed by atoms with van der Waals surface area (Å²) in [7, 11) is 3.23. The molecule has 1 heterocycles. The molecule has 0 saturated heterocycles. The molecule has 0 amide bonds. The number of Topliss-reactive ketones (excluding diaryl/α,β-unsaturated/α-hetero) is 1. The van der Waals surface area contributed by atoms with Crippen LogP contribution in [0.2, 0.25) is 0 Å². The Balaban J connectivity index is 2.54. The Morgan fingerprint density at radius 2 is 1.83 bits per heavy atom. The second kappa shape index (κ2) is 5.22. The predicted octanol–water partition coefficient (Wildman–Crippen LogP) is 3.16. The summed E-state index contributed by atoms with van der Waals surface area (Å²) in [5.74, 6) is 2.71. The SMILES string of the molecule is COc1ccc(OC)c2c1CSC(C(C)C)C2=O. The Bertz CT molecular complexity index is 468. The highest BCUT2D eigenvalue weighted by Gasteiger charge is 2.34. The van der Waals surface area contributed by atoms with Gasteiger partial charge in [-0.3, -0.25) is 4.79 Å². The van der Waals surface area contributed by atoms with Crippen LogP contribution in [-0.2, 0) is 5.75 Å². The summed E-state index contributed by atoms with van der Waals surface area (Å²) >= 11 is 1.69. The van der Waals surface area contributed by atoms with E-state index in [4.69, 9.17) is 9.47 Å². The summed E-state index contributed by atoms with van der Waals surface area (Å²) in [6.07, 6.45) is 0. The molecule has 1 aliphatic rings. The van der Waals surface area contributed by atoms with Gasteiger partial charge in [-0.25, -0.2) is 0 Å². The smallest absolute Gasteiger partial charge is 0.180 e. The summed E-state index contributed by atoms with van der Waals surface area (Å²) in [5.41, 5.74) is 1.66. The number of carbonyl (C=O) groups excluding carboxylic acids is 1. The van der Waals surface area contributed by atoms with Gasteiger partial charge in [0.1, 0.15) is 11.5 Å². The van der Waals surface area contributed by atoms with E-state index >= 15 is 0 Å². The molecule has 0 spiro atoms. The fourth-order valence-corrected chi connectivity index (χ4v) is 3.56. The summed E-state index contributed by atoms with van der Waals surface area (Å²) < 4.78 is 10.7. The van der Waals surface area contributed by atoms with Gasteiger partial charge >= 0.3 is 0 Å². The maximum absolute atomic E-state index is 12.5. The van der Waals surface area contributed by atoms with E-state index < -0.39 is 0 Å². The number of benzene rings is 1. The largest absolute Gasteiger partial charge is 0.496 e. The molecule has 1 unspecified atom stereocenters. The van der Waals surface area contributed by atoms with Gasteiger partial charge in [-0.05, 0) is 18.1 Å². The Kier molecular flexibility index (Phi) is 3.85. The van der Waals surface area contributed by atoms with Crippen molar-refractivity contribution in [2.24, 2.45) is 5.92 Å². The van der Waals surface area contributed by atoms with Gasteiger partial charge in [0.2, 0.25) is 0 Å². The van der Waals surface area contributed by atoms with E-state index in [0.29, 0.717) is 17.2 Å². The average molecular weight is 266 g/mol. The van der Waals surface area contributed by atoms with Crippen molar-refractivity contribution in [3.8, 4) is 11.5 Å². The standard InChI is InChI=1S/C14H18O3S/c1-8(2)14-13(15)12-9(7-18-14)10(16-3)5-6-11(12)17-4/h5-6,8,14H,7H2,1-4H3. The Morgan fingerprint density at radius 3 is 2.39 bits per heavy atom. The highest BCUT2D eigenvalue weighted by molar-refractivity contribution is 8.00. The number of thioether (sulfide) groups is 1. The number of rotatable bonds is 3. The maximum Gasteiger partial charge on any atom is 0.180 e. The number of ether oxygens (including phenoxy) is 2. The highest BCUT2D eigenvalue weighted by atomic mass is 32.2. The highest BCUT2D eigenvalue weighted by Crippen LogP contribution is 2.42. The molecule has 1 aromatic rings. The van der Waals surface area contributed by atoms with Gasteiger partial charge in [0, 0.05) is 11.3 Å². The first-order valence-electron chi connectivity index (χ1n) is 5.99. The minimum atomic E-state index is 0.0125. The molecule has 0 fully saturated rings. The monoisotopic (exact) mass is 266 g/mol. The number of fused-ring (bicyclic) bond motifs is 1. The van der Waals surface area contributed by atoms with Crippen LogP contribution < -0.4 is 9.47 Å². The van der Waals surface area contributed by atoms with Gasteiger partial charge < -0.3 is 9.47 Å². The zero-order chi connectivity index (χ0) is 13.3. The van der Waals surface area contributed by atoms with Crippen LogP contribution in [0.5, 0.6) is 11.5 Å². The van der Waals surface area contributed by atoms with Crippen molar-refractivity contribution in [3.05, 3.63) is 23.3 Å². The van der Waals surface area contributed by atoms with E-state index in [1.807, 2.05) is 12.1 Å². The first-order chi connectivity index (χ1) is 8.60. The molecule has 0 aliphatic carbocycles. The molecule has 3 nitrogen and oxygen atoms in total. The molecule has 98 valence electrons. The van der Waals surface area contributed by atoms with Crippen LogP contribution in [0.4, 0.5) is 0 Å². The molecule has 4 heteroatoms. The third-order valence-electron chi connectivity index (χ3n) is 3.19. The van der Waals surface area contributed by atoms with Gasteiger partial charge in [0.15, 0.2) is 5.78 Å². The lowest BCUT2D eigenvalue weighted by Gasteiger charge is -2.28. The van der Waals surface area contributed by atoms with Crippen molar-refractivity contribution in [3.63, 3.8) is 0 Å². The fourth-order valence-electron chi connectivity index (χ4n) is 2.27. The van der Waals surface area contributed by atoms with E-state index in [0.717, 1.165) is 17.1 Å². The predicted molar refractivity (Wildman–Crippen MR) is 73.8 cm³/mol. The van der Waals surface area contributed by atoms with Gasteiger partial charge in [0.25, 0.3) is 0 Å². The second-order valence-corrected chi connectivity index (χ2v) is 5.79. The number of hydrogen-bond donors (Lipinski definition) is 0. The topological polar surface area (TPSA) is 35.5 Å². The van der Waals surface area contributed by atoms with Crippen molar-refractivity contribution in [2.75, 3.05) is 14.2 Å². The molecule has 0 bridgehead atoms. The number of carbonyl (C=O) groups is 1. The molecular formula is C14H18O3S. The lowest BCUT2D eigenvalue weighted by molar-refractivity contribution is 0.0969. The molecule has 18 heavy (non-hydrogen) atoms. The van der Waals surface area contributed by atoms with E-state index in [1.165, 1.54) is 0 Å². The minimum Gasteiger partial charge on any atom is -0.496 e. The zero-order valence-electron chi connectivity index (χ0n) is 11.1. The summed E-state index contributed by atoms with van der Waals surface area (Å²) in [6, 6.07) is 3.67. The van der Waals surface area contributed by atoms with Gasteiger partial charge in [-0.15, -0.1) is 11.8 Å². The molecule has 2 rings (SSSR count). The molecular weight excluding hydrogens is 248 g/mol. The van der Waals surface area contributed by atoms with Gasteiger partial charge in [-0.2, -0.15) is 0 Å². The fraction of sp³-hybridized carbons (Fsp3) is 0.500. The third-order valence-corrected chi connectivity index (χ3v) is 4.76. The first-order valence-corrected chi connectivity index (χ1v) is 7.04. The quantitative estimate of drug-likeness (QED) is 0.842. The lowest BCUT2D eigenvalue weighted by Crippen LogP contribution is -2.28. The van der Waals surface area contributed by atoms with Crippen LogP contribution in [0.3, 0.4) is 0 Å². The van der Waals surface area contributed by atoms with E-state index in [1.54, 1.807) is 26.0 Å². The Morgan fingerprint density at radius 1 is 1.22 bits per heavy atom. The molecule has 0 radical (unpaired) electrons. The van der Waals surface area contributed by atoms with E-state index in [2.05, 4.69) is 13.8 Å². The summed E-state index contributed by atoms with van der Waals surface area (Å²) in [6.45, 7) is 4.15. The summed E-state index contributed by atoms with van der Waals surface area (Å²) in [5, 5.41) is 0.0125. The lowest BCUT2D eigenvalue weighted by atomic mass is 9.95. The van der Waals surface area contributed by atoms with Crippen LogP contribution in [-0.4, -0.2) is 25.3 Å². The number of hydrogen-bond acceptors (Lipinski definition) is 4. The molecule has 0 saturated carbocycles. The molecule has 1 aromatic carbocycles. The Hall–Kier alpha value is -1.16. The number of methoxy groups -OCH3 is 2. The zero-order valence-corrected chi connectivity index (χ0v) is 12.0. The van der Waals surface area contributed by atoms with E-state index in [-0.39, 0.29) is 11.0 Å². The molecule has 0 N–H and O–H groups in total. The maximum atomic E-state index is 12.5. The normalized spacial score (nSPS) is 18.7. The van der Waals surface area contributed by atoms with Crippen LogP contribution in [0.1, 0.15) is 29.8 Å². The third kappa shape index (κ3) is 2.09. The Labute approximate surface area is 112 Å². The van der Waals surface area contributed by atoms with Crippen LogP contribution in [0, 0.1) is 5.92 Å². The van der Waals surface area contributed by atoms with Crippen molar-refractivity contribution >= 4 is 17.5 Å². The first kappa shape index (κ1) is 13.3. The van der Waals surface area contributed by atoms with Crippen molar-refractivity contribution in [2.45, 2.75) is 24.9 Å². The van der Waals surface area contributed by atoms with Crippen LogP contribution in [0.25, 0.3) is 0 Å². The molecule has 1 atom stereocenters. The van der Waals surface area contributed by atoms with Crippen molar-refractivity contribution < 1.29 is 14.3 Å². The van der Waals surface area contributed by atoms with E-state index in [9.17, 15) is 4.79 Å². The van der Waals surface area contributed by atoms with Crippen molar-refractivity contribution in [1.29, 1.82) is 0 Å². The van der Waals surface area contributed by atoms with Crippen LogP contribution in [0.15, 0.2) is 12.1 Å². The van der Waals surface area contributed by atoms with Crippen LogP contribution >= 0.6 is 11.8 Å². The molecule has 1 aliphatic heterocycles.